The maximum atomic E-state index is 12.1. The number of aryl methyl sites for hydroxylation is 1. The van der Waals surface area contributed by atoms with E-state index < -0.39 is 5.92 Å². The predicted octanol–water partition coefficient (Wildman–Crippen LogP) is 3.30. The Hall–Kier alpha value is -2.98. The molecule has 2 N–H and O–H groups in total. The van der Waals surface area contributed by atoms with Crippen LogP contribution in [0.5, 0.6) is 0 Å². The lowest BCUT2D eigenvalue weighted by Crippen LogP contribution is -2.31. The van der Waals surface area contributed by atoms with Gasteiger partial charge in [-0.1, -0.05) is 30.0 Å². The smallest absolute Gasteiger partial charge is 0.234 e. The lowest BCUT2D eigenvalue weighted by Gasteiger charge is -2.23. The molecule has 0 fully saturated rings. The number of carbonyl (C=O) groups is 2. The second-order valence-corrected chi connectivity index (χ2v) is 6.80. The van der Waals surface area contributed by atoms with Crippen molar-refractivity contribution in [2.45, 2.75) is 19.3 Å². The SMILES string of the molecule is Cc1ccc([C@H]2CC(=O)NC(SCC(=O)Nc3ccccc3)=C2C#N)o1. The normalized spacial score (nSPS) is 16.8. The monoisotopic (exact) mass is 367 g/mol. The van der Waals surface area contributed by atoms with Crippen LogP contribution in [0.1, 0.15) is 23.9 Å². The number of anilines is 1. The fourth-order valence-electron chi connectivity index (χ4n) is 2.67. The first-order valence-electron chi connectivity index (χ1n) is 8.05. The van der Waals surface area contributed by atoms with E-state index in [1.165, 1.54) is 0 Å². The van der Waals surface area contributed by atoms with Gasteiger partial charge in [0.1, 0.15) is 11.5 Å². The highest BCUT2D eigenvalue weighted by atomic mass is 32.2. The van der Waals surface area contributed by atoms with Crippen molar-refractivity contribution in [3.05, 3.63) is 64.6 Å². The van der Waals surface area contributed by atoms with Gasteiger partial charge in [0, 0.05) is 12.1 Å². The molecule has 0 unspecified atom stereocenters. The van der Waals surface area contributed by atoms with Gasteiger partial charge in [0.2, 0.25) is 11.8 Å². The van der Waals surface area contributed by atoms with Gasteiger partial charge in [0.05, 0.1) is 28.3 Å². The van der Waals surface area contributed by atoms with Crippen molar-refractivity contribution >= 4 is 29.3 Å². The molecule has 0 radical (unpaired) electrons. The predicted molar refractivity (Wildman–Crippen MR) is 99.1 cm³/mol. The summed E-state index contributed by atoms with van der Waals surface area (Å²) in [6.45, 7) is 1.81. The van der Waals surface area contributed by atoms with Crippen molar-refractivity contribution in [3.63, 3.8) is 0 Å². The van der Waals surface area contributed by atoms with Crippen molar-refractivity contribution in [1.82, 2.24) is 5.32 Å². The third-order valence-corrected chi connectivity index (χ3v) is 4.88. The number of carbonyl (C=O) groups excluding carboxylic acids is 2. The third kappa shape index (κ3) is 4.16. The molecule has 1 aromatic heterocycles. The number of nitriles is 1. The van der Waals surface area contributed by atoms with Gasteiger partial charge in [-0.05, 0) is 31.2 Å². The first-order chi connectivity index (χ1) is 12.6. The van der Waals surface area contributed by atoms with E-state index in [2.05, 4.69) is 16.7 Å². The number of benzene rings is 1. The fourth-order valence-corrected chi connectivity index (χ4v) is 3.55. The quantitative estimate of drug-likeness (QED) is 0.845. The molecule has 1 aromatic carbocycles. The van der Waals surface area contributed by atoms with Gasteiger partial charge < -0.3 is 15.1 Å². The van der Waals surface area contributed by atoms with Crippen LogP contribution in [0.15, 0.2) is 57.5 Å². The Morgan fingerprint density at radius 2 is 2.12 bits per heavy atom. The lowest BCUT2D eigenvalue weighted by atomic mass is 9.92. The van der Waals surface area contributed by atoms with Crippen LogP contribution in [0, 0.1) is 18.3 Å². The minimum Gasteiger partial charge on any atom is -0.466 e. The van der Waals surface area contributed by atoms with Crippen LogP contribution in [0.2, 0.25) is 0 Å². The number of furan rings is 1. The van der Waals surface area contributed by atoms with E-state index in [1.54, 1.807) is 24.3 Å². The number of thioether (sulfide) groups is 1. The molecule has 2 aromatic rings. The number of amides is 2. The molecule has 1 atom stereocenters. The highest BCUT2D eigenvalue weighted by Crippen LogP contribution is 2.36. The van der Waals surface area contributed by atoms with E-state index >= 15 is 0 Å². The van der Waals surface area contributed by atoms with Crippen LogP contribution in [-0.4, -0.2) is 17.6 Å². The van der Waals surface area contributed by atoms with Gasteiger partial charge in [0.15, 0.2) is 0 Å². The maximum Gasteiger partial charge on any atom is 0.234 e. The van der Waals surface area contributed by atoms with E-state index in [-0.39, 0.29) is 24.0 Å². The van der Waals surface area contributed by atoms with Gasteiger partial charge in [-0.15, -0.1) is 0 Å². The van der Waals surface area contributed by atoms with Crippen LogP contribution in [0.25, 0.3) is 0 Å². The molecule has 1 aliphatic rings. The van der Waals surface area contributed by atoms with E-state index in [9.17, 15) is 14.9 Å². The zero-order valence-electron chi connectivity index (χ0n) is 14.1. The topological polar surface area (TPSA) is 95.1 Å². The van der Waals surface area contributed by atoms with Crippen molar-refractivity contribution in [2.75, 3.05) is 11.1 Å². The van der Waals surface area contributed by atoms with Gasteiger partial charge in [0.25, 0.3) is 0 Å². The number of para-hydroxylation sites is 1. The average molecular weight is 367 g/mol. The Morgan fingerprint density at radius 3 is 2.77 bits per heavy atom. The van der Waals surface area contributed by atoms with Crippen molar-refractivity contribution < 1.29 is 14.0 Å². The van der Waals surface area contributed by atoms with Crippen LogP contribution >= 0.6 is 11.8 Å². The molecule has 132 valence electrons. The molecule has 0 spiro atoms. The Kier molecular flexibility index (Phi) is 5.44. The zero-order chi connectivity index (χ0) is 18.5. The Labute approximate surface area is 155 Å². The fraction of sp³-hybridized carbons (Fsp3) is 0.211. The summed E-state index contributed by atoms with van der Waals surface area (Å²) >= 11 is 1.14. The van der Waals surface area contributed by atoms with Gasteiger partial charge in [-0.25, -0.2) is 0 Å². The molecule has 2 amide bonds. The molecular weight excluding hydrogens is 350 g/mol. The molecule has 0 bridgehead atoms. The van der Waals surface area contributed by atoms with Gasteiger partial charge in [-0.3, -0.25) is 9.59 Å². The van der Waals surface area contributed by atoms with E-state index in [1.807, 2.05) is 25.1 Å². The third-order valence-electron chi connectivity index (χ3n) is 3.87. The van der Waals surface area contributed by atoms with E-state index in [4.69, 9.17) is 4.42 Å². The Morgan fingerprint density at radius 1 is 1.35 bits per heavy atom. The minimum absolute atomic E-state index is 0.0829. The lowest BCUT2D eigenvalue weighted by molar-refractivity contribution is -0.121. The largest absolute Gasteiger partial charge is 0.466 e. The number of hydrogen-bond donors (Lipinski definition) is 2. The summed E-state index contributed by atoms with van der Waals surface area (Å²) in [6.07, 6.45) is 0.149. The molecule has 0 saturated heterocycles. The molecule has 0 saturated carbocycles. The van der Waals surface area contributed by atoms with Crippen LogP contribution < -0.4 is 10.6 Å². The standard InChI is InChI=1S/C19H17N3O3S/c1-12-7-8-16(25-12)14-9-17(23)22-19(15(14)10-20)26-11-18(24)21-13-5-3-2-4-6-13/h2-8,14H,9,11H2,1H3,(H,21,24)(H,22,23)/t14-/m0/s1. The van der Waals surface area contributed by atoms with Crippen LogP contribution in [0.4, 0.5) is 5.69 Å². The van der Waals surface area contributed by atoms with E-state index in [0.29, 0.717) is 22.0 Å². The highest BCUT2D eigenvalue weighted by Gasteiger charge is 2.31. The summed E-state index contributed by atoms with van der Waals surface area (Å²) < 4.78 is 5.60. The summed E-state index contributed by atoms with van der Waals surface area (Å²) in [6, 6.07) is 14.8. The molecule has 1 aliphatic heterocycles. The minimum atomic E-state index is -0.429. The van der Waals surface area contributed by atoms with Crippen molar-refractivity contribution in [1.29, 1.82) is 5.26 Å². The molecular formula is C19H17N3O3S. The number of rotatable bonds is 5. The molecule has 3 rings (SSSR count). The molecule has 6 nitrogen and oxygen atoms in total. The van der Waals surface area contributed by atoms with Crippen LogP contribution in [0.3, 0.4) is 0 Å². The summed E-state index contributed by atoms with van der Waals surface area (Å²) in [5.74, 6) is 0.548. The second-order valence-electron chi connectivity index (χ2n) is 5.81. The molecule has 26 heavy (non-hydrogen) atoms. The highest BCUT2D eigenvalue weighted by molar-refractivity contribution is 8.03. The van der Waals surface area contributed by atoms with Crippen molar-refractivity contribution in [2.24, 2.45) is 0 Å². The van der Waals surface area contributed by atoms with E-state index in [0.717, 1.165) is 17.5 Å². The second kappa shape index (κ2) is 7.93. The number of allylic oxidation sites excluding steroid dienone is 1. The van der Waals surface area contributed by atoms with Gasteiger partial charge >= 0.3 is 0 Å². The number of nitrogens with one attached hydrogen (secondary N) is 2. The summed E-state index contributed by atoms with van der Waals surface area (Å²) in [4.78, 5) is 24.2. The summed E-state index contributed by atoms with van der Waals surface area (Å²) in [7, 11) is 0. The summed E-state index contributed by atoms with van der Waals surface area (Å²) in [5, 5.41) is 15.5. The Bertz CT molecular complexity index is 896. The first-order valence-corrected chi connectivity index (χ1v) is 9.03. The molecule has 7 heteroatoms. The molecule has 0 aliphatic carbocycles. The number of hydrogen-bond acceptors (Lipinski definition) is 5. The number of nitrogens with zero attached hydrogens (tertiary/aromatic N) is 1. The maximum absolute atomic E-state index is 12.1. The summed E-state index contributed by atoms with van der Waals surface area (Å²) in [5.41, 5.74) is 1.11. The molecule has 2 heterocycles. The average Bonchev–Trinajstić information content (AvgIpc) is 3.06. The first kappa shape index (κ1) is 17.8. The van der Waals surface area contributed by atoms with Gasteiger partial charge in [-0.2, -0.15) is 5.26 Å². The van der Waals surface area contributed by atoms with Crippen molar-refractivity contribution in [3.8, 4) is 6.07 Å². The zero-order valence-corrected chi connectivity index (χ0v) is 14.9. The van der Waals surface area contributed by atoms with Crippen LogP contribution in [-0.2, 0) is 9.59 Å². The Balaban J connectivity index is 1.73.